The van der Waals surface area contributed by atoms with Crippen molar-refractivity contribution in [2.24, 2.45) is 0 Å². The van der Waals surface area contributed by atoms with E-state index < -0.39 is 0 Å². The van der Waals surface area contributed by atoms with Gasteiger partial charge in [-0.25, -0.2) is 0 Å². The normalized spacial score (nSPS) is 11.6. The van der Waals surface area contributed by atoms with Gasteiger partial charge in [0.2, 0.25) is 0 Å². The van der Waals surface area contributed by atoms with Crippen LogP contribution < -0.4 is 5.32 Å². The topological polar surface area (TPSA) is 12.0 Å². The second-order valence-corrected chi connectivity index (χ2v) is 8.18. The number of fused-ring (bicyclic) bond motifs is 7. The van der Waals surface area contributed by atoms with Crippen molar-refractivity contribution in [3.8, 4) is 0 Å². The number of anilines is 2. The molecular formula is C26H17NS. The number of benzene rings is 5. The summed E-state index contributed by atoms with van der Waals surface area (Å²) >= 11 is 1.88. The zero-order valence-corrected chi connectivity index (χ0v) is 16.0. The van der Waals surface area contributed by atoms with Crippen LogP contribution in [-0.4, -0.2) is 0 Å². The number of rotatable bonds is 2. The molecule has 0 bridgehead atoms. The smallest absolute Gasteiger partial charge is 0.0478 e. The van der Waals surface area contributed by atoms with Crippen molar-refractivity contribution in [1.82, 2.24) is 0 Å². The highest BCUT2D eigenvalue weighted by Gasteiger charge is 2.14. The fraction of sp³-hybridized carbons (Fsp3) is 0. The maximum Gasteiger partial charge on any atom is 0.0478 e. The highest BCUT2D eigenvalue weighted by atomic mass is 32.1. The molecule has 0 fully saturated rings. The minimum Gasteiger partial charge on any atom is -0.355 e. The first kappa shape index (κ1) is 15.7. The number of para-hydroxylation sites is 1. The van der Waals surface area contributed by atoms with Crippen LogP contribution in [0.2, 0.25) is 0 Å². The molecule has 1 heterocycles. The Morgan fingerprint density at radius 2 is 1.21 bits per heavy atom. The van der Waals surface area contributed by atoms with Gasteiger partial charge in [-0.15, -0.1) is 11.3 Å². The Labute approximate surface area is 166 Å². The minimum absolute atomic E-state index is 1.11. The monoisotopic (exact) mass is 375 g/mol. The second-order valence-electron chi connectivity index (χ2n) is 7.10. The lowest BCUT2D eigenvalue weighted by Gasteiger charge is -2.11. The van der Waals surface area contributed by atoms with Gasteiger partial charge in [0.05, 0.1) is 0 Å². The van der Waals surface area contributed by atoms with E-state index in [1.54, 1.807) is 0 Å². The maximum atomic E-state index is 3.63. The summed E-state index contributed by atoms with van der Waals surface area (Å²) in [5.41, 5.74) is 2.27. The average molecular weight is 375 g/mol. The quantitative estimate of drug-likeness (QED) is 0.322. The van der Waals surface area contributed by atoms with Crippen molar-refractivity contribution in [3.05, 3.63) is 97.1 Å². The summed E-state index contributed by atoms with van der Waals surface area (Å²) in [4.78, 5) is 0. The molecule has 0 saturated heterocycles. The molecule has 0 amide bonds. The van der Waals surface area contributed by atoms with Gasteiger partial charge in [-0.3, -0.25) is 0 Å². The van der Waals surface area contributed by atoms with Crippen molar-refractivity contribution in [3.63, 3.8) is 0 Å². The van der Waals surface area contributed by atoms with E-state index in [-0.39, 0.29) is 0 Å². The van der Waals surface area contributed by atoms with Gasteiger partial charge in [0.25, 0.3) is 0 Å². The molecule has 0 aliphatic rings. The Morgan fingerprint density at radius 1 is 0.536 bits per heavy atom. The van der Waals surface area contributed by atoms with E-state index in [2.05, 4.69) is 96.3 Å². The molecule has 0 unspecified atom stereocenters. The SMILES string of the molecule is c1ccc(Nc2cc3sc4ccc5ccccc5c4c3c3ccccc23)cc1. The van der Waals surface area contributed by atoms with Gasteiger partial charge in [-0.05, 0) is 40.4 Å². The Hall–Kier alpha value is -3.36. The van der Waals surface area contributed by atoms with Crippen LogP contribution in [0.5, 0.6) is 0 Å². The predicted molar refractivity (Wildman–Crippen MR) is 124 cm³/mol. The van der Waals surface area contributed by atoms with Crippen molar-refractivity contribution >= 4 is 64.4 Å². The average Bonchev–Trinajstić information content (AvgIpc) is 3.14. The van der Waals surface area contributed by atoms with E-state index in [1.165, 1.54) is 41.7 Å². The molecule has 2 heteroatoms. The Kier molecular flexibility index (Phi) is 3.40. The number of hydrogen-bond donors (Lipinski definition) is 1. The van der Waals surface area contributed by atoms with Crippen LogP contribution in [-0.2, 0) is 0 Å². The molecule has 0 aliphatic heterocycles. The molecule has 132 valence electrons. The van der Waals surface area contributed by atoms with Gasteiger partial charge in [0.15, 0.2) is 0 Å². The van der Waals surface area contributed by atoms with E-state index >= 15 is 0 Å². The first-order valence-electron chi connectivity index (χ1n) is 9.46. The number of hydrogen-bond acceptors (Lipinski definition) is 2. The molecule has 1 aromatic heterocycles. The summed E-state index contributed by atoms with van der Waals surface area (Å²) in [5, 5.41) is 11.6. The molecule has 6 aromatic rings. The lowest BCUT2D eigenvalue weighted by Crippen LogP contribution is -1.91. The van der Waals surface area contributed by atoms with Crippen molar-refractivity contribution in [2.45, 2.75) is 0 Å². The van der Waals surface area contributed by atoms with Gasteiger partial charge < -0.3 is 5.32 Å². The van der Waals surface area contributed by atoms with Gasteiger partial charge in [-0.1, -0.05) is 72.8 Å². The molecule has 6 rings (SSSR count). The van der Waals surface area contributed by atoms with E-state index in [1.807, 2.05) is 17.4 Å². The van der Waals surface area contributed by atoms with Gasteiger partial charge >= 0.3 is 0 Å². The van der Waals surface area contributed by atoms with Crippen molar-refractivity contribution in [2.75, 3.05) is 5.32 Å². The summed E-state index contributed by atoms with van der Waals surface area (Å²) in [6.07, 6.45) is 0. The third kappa shape index (κ3) is 2.32. The lowest BCUT2D eigenvalue weighted by atomic mass is 9.98. The summed E-state index contributed by atoms with van der Waals surface area (Å²) in [6.45, 7) is 0. The molecule has 5 aromatic carbocycles. The van der Waals surface area contributed by atoms with E-state index in [0.717, 1.165) is 11.4 Å². The zero-order chi connectivity index (χ0) is 18.5. The molecule has 1 nitrogen and oxygen atoms in total. The van der Waals surface area contributed by atoms with Gasteiger partial charge in [-0.2, -0.15) is 0 Å². The summed E-state index contributed by atoms with van der Waals surface area (Å²) in [7, 11) is 0. The third-order valence-corrected chi connectivity index (χ3v) is 6.52. The van der Waals surface area contributed by atoms with Crippen molar-refractivity contribution < 1.29 is 0 Å². The molecule has 0 saturated carbocycles. The largest absolute Gasteiger partial charge is 0.355 e. The molecule has 1 N–H and O–H groups in total. The van der Waals surface area contributed by atoms with Crippen molar-refractivity contribution in [1.29, 1.82) is 0 Å². The highest BCUT2D eigenvalue weighted by molar-refractivity contribution is 7.26. The fourth-order valence-corrected chi connectivity index (χ4v) is 5.36. The first-order chi connectivity index (χ1) is 13.9. The molecule has 0 radical (unpaired) electrons. The van der Waals surface area contributed by atoms with Crippen LogP contribution in [0, 0.1) is 0 Å². The molecule has 28 heavy (non-hydrogen) atoms. The molecule has 0 spiro atoms. The summed E-state index contributed by atoms with van der Waals surface area (Å²) in [5.74, 6) is 0. The van der Waals surface area contributed by atoms with Crippen LogP contribution in [0.3, 0.4) is 0 Å². The Balaban J connectivity index is 1.74. The van der Waals surface area contributed by atoms with Gasteiger partial charge in [0.1, 0.15) is 0 Å². The molecular weight excluding hydrogens is 358 g/mol. The number of nitrogens with one attached hydrogen (secondary N) is 1. The maximum absolute atomic E-state index is 3.63. The number of thiophene rings is 1. The summed E-state index contributed by atoms with van der Waals surface area (Å²) < 4.78 is 2.67. The Bertz CT molecular complexity index is 1480. The fourth-order valence-electron chi connectivity index (χ4n) is 4.18. The standard InChI is InChI=1S/C26H17NS/c1-2-9-18(10-3-1)27-22-16-24-26(21-13-7-6-12-20(21)22)25-19-11-5-4-8-17(19)14-15-23(25)28-24/h1-16,27H. The van der Waals surface area contributed by atoms with E-state index in [0.29, 0.717) is 0 Å². The minimum atomic E-state index is 1.11. The van der Waals surface area contributed by atoms with Crippen LogP contribution in [0.15, 0.2) is 97.1 Å². The second kappa shape index (κ2) is 6.08. The zero-order valence-electron chi connectivity index (χ0n) is 15.1. The van der Waals surface area contributed by atoms with E-state index in [9.17, 15) is 0 Å². The van der Waals surface area contributed by atoms with Crippen LogP contribution >= 0.6 is 11.3 Å². The molecule has 0 aliphatic carbocycles. The first-order valence-corrected chi connectivity index (χ1v) is 10.3. The summed E-state index contributed by atoms with van der Waals surface area (Å²) in [6, 6.07) is 34.6. The predicted octanol–water partition coefficient (Wildman–Crippen LogP) is 8.10. The van der Waals surface area contributed by atoms with Gasteiger partial charge in [0, 0.05) is 36.9 Å². The third-order valence-electron chi connectivity index (χ3n) is 5.42. The van der Waals surface area contributed by atoms with Crippen LogP contribution in [0.1, 0.15) is 0 Å². The molecule has 0 atom stereocenters. The lowest BCUT2D eigenvalue weighted by molar-refractivity contribution is 1.59. The Morgan fingerprint density at radius 3 is 2.07 bits per heavy atom. The van der Waals surface area contributed by atoms with Crippen LogP contribution in [0.4, 0.5) is 11.4 Å². The van der Waals surface area contributed by atoms with Crippen LogP contribution in [0.25, 0.3) is 41.7 Å². The highest BCUT2D eigenvalue weighted by Crippen LogP contribution is 2.44. The van der Waals surface area contributed by atoms with E-state index in [4.69, 9.17) is 0 Å².